The number of aliphatic carboxylic acids is 1. The molecule has 4 N–H and O–H groups in total. The van der Waals surface area contributed by atoms with Gasteiger partial charge in [0.05, 0.1) is 5.60 Å². The van der Waals surface area contributed by atoms with Crippen molar-refractivity contribution in [2.45, 2.75) is 57.2 Å². The second-order valence-corrected chi connectivity index (χ2v) is 12.1. The molecule has 0 aliphatic carbocycles. The van der Waals surface area contributed by atoms with E-state index in [1.807, 2.05) is 0 Å². The van der Waals surface area contributed by atoms with E-state index in [4.69, 9.17) is 25.1 Å². The third-order valence-electron chi connectivity index (χ3n) is 8.08. The van der Waals surface area contributed by atoms with Crippen LogP contribution in [-0.2, 0) is 16.0 Å². The summed E-state index contributed by atoms with van der Waals surface area (Å²) in [5, 5.41) is 20.6. The number of anilines is 2. The first-order valence-corrected chi connectivity index (χ1v) is 15.2. The summed E-state index contributed by atoms with van der Waals surface area (Å²) in [7, 11) is 1.41. The molecule has 2 heterocycles. The van der Waals surface area contributed by atoms with Gasteiger partial charge in [-0.2, -0.15) is 23.1 Å². The molecule has 1 atom stereocenters. The van der Waals surface area contributed by atoms with Crippen LogP contribution in [0.4, 0.5) is 33.5 Å². The van der Waals surface area contributed by atoms with E-state index >= 15 is 8.78 Å². The van der Waals surface area contributed by atoms with E-state index in [0.717, 1.165) is 0 Å². The molecule has 0 spiro atoms. The Hall–Kier alpha value is -4.50. The molecule has 3 aromatic carbocycles. The fraction of sp³-hybridized carbons (Fsp3) is 0.424. The molecule has 15 heteroatoms. The fourth-order valence-corrected chi connectivity index (χ4v) is 6.06. The molecule has 1 aromatic heterocycles. The lowest BCUT2D eigenvalue weighted by Gasteiger charge is -2.38. The first-order valence-electron chi connectivity index (χ1n) is 15.2. The maximum Gasteiger partial charge on any atom is 0.422 e. The number of methoxy groups -OCH3 is 1. The van der Waals surface area contributed by atoms with E-state index in [1.165, 1.54) is 31.4 Å². The minimum absolute atomic E-state index is 0.0292. The lowest BCUT2D eigenvalue weighted by Crippen LogP contribution is -2.46. The smallest absolute Gasteiger partial charge is 0.422 e. The van der Waals surface area contributed by atoms with Crippen LogP contribution in [0.3, 0.4) is 0 Å². The molecular weight excluding hydrogens is 643 g/mol. The Balaban J connectivity index is 1.76. The fourth-order valence-electron chi connectivity index (χ4n) is 6.06. The highest BCUT2D eigenvalue weighted by molar-refractivity contribution is 6.06. The van der Waals surface area contributed by atoms with Crippen LogP contribution >= 0.6 is 0 Å². The number of carbonyl (C=O) groups is 1. The van der Waals surface area contributed by atoms with E-state index in [1.54, 1.807) is 17.9 Å². The molecule has 10 nitrogen and oxygen atoms in total. The minimum Gasteiger partial charge on any atom is -0.481 e. The number of hydrogen-bond donors (Lipinski definition) is 3. The first-order chi connectivity index (χ1) is 22.7. The zero-order valence-corrected chi connectivity index (χ0v) is 26.3. The lowest BCUT2D eigenvalue weighted by molar-refractivity contribution is -0.154. The number of unbranched alkanes of at least 4 members (excludes halogenated alkanes) is 1. The summed E-state index contributed by atoms with van der Waals surface area (Å²) in [5.74, 6) is -2.36. The number of nitrogen functional groups attached to an aromatic ring is 1. The number of β-amino-alcohol motifs (C(OH)–C–C–N with tert-alkyl or cyclic N) is 1. The number of alkyl halides is 3. The molecule has 0 amide bonds. The number of aryl methyl sites for hydroxylation is 1. The first kappa shape index (κ1) is 34.8. The minimum atomic E-state index is -4.73. The maximum atomic E-state index is 17.0. The quantitative estimate of drug-likeness (QED) is 0.0669. The van der Waals surface area contributed by atoms with Crippen molar-refractivity contribution in [3.63, 3.8) is 0 Å². The van der Waals surface area contributed by atoms with Gasteiger partial charge in [0.25, 0.3) is 0 Å². The number of rotatable bonds is 12. The normalized spacial score (nSPS) is 16.9. The van der Waals surface area contributed by atoms with Gasteiger partial charge in [-0.15, -0.1) is 0 Å². The molecule has 1 fully saturated rings. The van der Waals surface area contributed by atoms with Gasteiger partial charge in [-0.25, -0.2) is 8.78 Å². The van der Waals surface area contributed by atoms with Gasteiger partial charge in [-0.3, -0.25) is 4.79 Å². The monoisotopic (exact) mass is 678 g/mol. The molecule has 48 heavy (non-hydrogen) atoms. The van der Waals surface area contributed by atoms with Crippen molar-refractivity contribution in [1.29, 1.82) is 0 Å². The van der Waals surface area contributed by atoms with Gasteiger partial charge in [-0.05, 0) is 85.2 Å². The van der Waals surface area contributed by atoms with E-state index < -0.39 is 47.5 Å². The number of halogens is 5. The lowest BCUT2D eigenvalue weighted by atomic mass is 9.90. The van der Waals surface area contributed by atoms with Crippen molar-refractivity contribution in [2.75, 3.05) is 44.2 Å². The van der Waals surface area contributed by atoms with Gasteiger partial charge in [0.15, 0.2) is 19.2 Å². The highest BCUT2D eigenvalue weighted by atomic mass is 19.4. The summed E-state index contributed by atoms with van der Waals surface area (Å²) in [6.45, 7) is 0.124. The standard InChI is InChI=1S/C33H35F5N4O6/c1-32(45)10-5-11-42(15-32)30-22-14-24(39)27(28(35)29(22)40-31(41-30)47-16-33(36,37)38)21-13-19(48-17-46-2)12-18-8-9-23(34)20(26(18)21)6-3-4-7-25(43)44/h8-9,12-14,45H,3-7,10-11,15-17,39H2,1-2H3,(H,43,44)/t32-/m1/s1. The van der Waals surface area contributed by atoms with E-state index in [9.17, 15) is 23.1 Å². The van der Waals surface area contributed by atoms with Crippen LogP contribution < -0.4 is 20.1 Å². The predicted octanol–water partition coefficient (Wildman–Crippen LogP) is 6.38. The van der Waals surface area contributed by atoms with E-state index in [-0.39, 0.29) is 77.3 Å². The number of aromatic nitrogens is 2. The number of ether oxygens (including phenoxy) is 3. The van der Waals surface area contributed by atoms with Gasteiger partial charge in [0.1, 0.15) is 22.9 Å². The third kappa shape index (κ3) is 7.79. The average Bonchev–Trinajstić information content (AvgIpc) is 3.01. The van der Waals surface area contributed by atoms with Gasteiger partial charge >= 0.3 is 18.2 Å². The number of carboxylic acid groups (broad SMARTS) is 1. The molecule has 4 aromatic rings. The van der Waals surface area contributed by atoms with E-state index in [0.29, 0.717) is 31.2 Å². The van der Waals surface area contributed by atoms with Crippen LogP contribution in [0.5, 0.6) is 11.8 Å². The second-order valence-electron chi connectivity index (χ2n) is 12.1. The molecule has 1 aliphatic rings. The predicted molar refractivity (Wildman–Crippen MR) is 168 cm³/mol. The SMILES string of the molecule is COCOc1cc(-c2c(N)cc3c(N4CCC[C@@](C)(O)C4)nc(OCC(F)(F)F)nc3c2F)c2c(CCCCC(=O)O)c(F)ccc2c1. The van der Waals surface area contributed by atoms with Crippen LogP contribution in [-0.4, -0.2) is 71.5 Å². The Bertz CT molecular complexity index is 1840. The van der Waals surface area contributed by atoms with Gasteiger partial charge in [0.2, 0.25) is 0 Å². The Kier molecular flexibility index (Phi) is 10.1. The van der Waals surface area contributed by atoms with Crippen molar-refractivity contribution in [3.05, 3.63) is 47.5 Å². The zero-order valence-electron chi connectivity index (χ0n) is 26.3. The number of benzene rings is 3. The average molecular weight is 679 g/mol. The second kappa shape index (κ2) is 13.9. The molecule has 1 saturated heterocycles. The summed E-state index contributed by atoms with van der Waals surface area (Å²) < 4.78 is 87.4. The molecule has 258 valence electrons. The summed E-state index contributed by atoms with van der Waals surface area (Å²) in [6.07, 6.45) is -3.16. The molecule has 0 saturated carbocycles. The van der Waals surface area contributed by atoms with Crippen molar-refractivity contribution in [3.8, 4) is 22.9 Å². The number of fused-ring (bicyclic) bond motifs is 2. The molecule has 1 aliphatic heterocycles. The van der Waals surface area contributed by atoms with Crippen molar-refractivity contribution in [1.82, 2.24) is 9.97 Å². The Morgan fingerprint density at radius 1 is 1.12 bits per heavy atom. The van der Waals surface area contributed by atoms with Crippen LogP contribution in [0.15, 0.2) is 30.3 Å². The molecule has 0 radical (unpaired) electrons. The van der Waals surface area contributed by atoms with Gasteiger partial charge in [-0.1, -0.05) is 6.07 Å². The van der Waals surface area contributed by atoms with Crippen LogP contribution in [0.2, 0.25) is 0 Å². The Morgan fingerprint density at radius 3 is 2.58 bits per heavy atom. The molecule has 0 bridgehead atoms. The van der Waals surface area contributed by atoms with Crippen molar-refractivity contribution < 1.29 is 51.2 Å². The third-order valence-corrected chi connectivity index (χ3v) is 8.08. The number of nitrogens with two attached hydrogens (primary N) is 1. The van der Waals surface area contributed by atoms with Crippen LogP contribution in [0.25, 0.3) is 32.8 Å². The van der Waals surface area contributed by atoms with Crippen LogP contribution in [0, 0.1) is 11.6 Å². The highest BCUT2D eigenvalue weighted by Gasteiger charge is 2.33. The number of nitrogens with zero attached hydrogens (tertiary/aromatic N) is 3. The summed E-state index contributed by atoms with van der Waals surface area (Å²) in [6, 6.07) is 6.44. The van der Waals surface area contributed by atoms with E-state index in [2.05, 4.69) is 9.97 Å². The summed E-state index contributed by atoms with van der Waals surface area (Å²) in [4.78, 5) is 20.9. The number of aliphatic hydroxyl groups is 1. The largest absolute Gasteiger partial charge is 0.481 e. The summed E-state index contributed by atoms with van der Waals surface area (Å²) >= 11 is 0. The molecule has 0 unspecified atom stereocenters. The Labute approximate surface area is 272 Å². The summed E-state index contributed by atoms with van der Waals surface area (Å²) in [5.41, 5.74) is 4.97. The number of hydrogen-bond acceptors (Lipinski definition) is 9. The zero-order chi connectivity index (χ0) is 34.8. The molecule has 5 rings (SSSR count). The van der Waals surface area contributed by atoms with Crippen LogP contribution in [0.1, 0.15) is 44.6 Å². The van der Waals surface area contributed by atoms with Gasteiger partial charge < -0.3 is 35.1 Å². The van der Waals surface area contributed by atoms with Crippen molar-refractivity contribution >= 4 is 39.1 Å². The highest BCUT2D eigenvalue weighted by Crippen LogP contribution is 2.44. The number of carboxylic acids is 1. The molecular formula is C33H35F5N4O6. The Morgan fingerprint density at radius 2 is 1.90 bits per heavy atom. The topological polar surface area (TPSA) is 140 Å². The number of piperidine rings is 1. The maximum absolute atomic E-state index is 17.0. The van der Waals surface area contributed by atoms with Crippen molar-refractivity contribution in [2.24, 2.45) is 0 Å². The van der Waals surface area contributed by atoms with Gasteiger partial charge in [0, 0.05) is 43.3 Å².